The first-order valence-electron chi connectivity index (χ1n) is 6.51. The van der Waals surface area contributed by atoms with Crippen LogP contribution in [0.3, 0.4) is 0 Å². The summed E-state index contributed by atoms with van der Waals surface area (Å²) in [5.74, 6) is 1.09. The number of halogens is 1. The fourth-order valence-corrected chi connectivity index (χ4v) is 6.42. The number of H-pyrrole nitrogens is 1. The Kier molecular flexibility index (Phi) is 3.30. The number of aromatic amines is 1. The molecule has 6 heteroatoms. The van der Waals surface area contributed by atoms with Gasteiger partial charge in [0.1, 0.15) is 5.82 Å². The average molecular weight is 356 g/mol. The molecule has 19 heavy (non-hydrogen) atoms. The minimum Gasteiger partial charge on any atom is -0.340 e. The van der Waals surface area contributed by atoms with Crippen molar-refractivity contribution in [3.8, 4) is 0 Å². The fraction of sp³-hybridized carbons (Fsp3) is 0.462. The highest BCUT2D eigenvalue weighted by Gasteiger charge is 2.34. The first-order valence-corrected chi connectivity index (χ1v) is 9.06. The van der Waals surface area contributed by atoms with E-state index in [-0.39, 0.29) is 0 Å². The van der Waals surface area contributed by atoms with Crippen molar-refractivity contribution >= 4 is 44.4 Å². The summed E-state index contributed by atoms with van der Waals surface area (Å²) >= 11 is 7.41. The fourth-order valence-electron chi connectivity index (χ4n) is 2.74. The molecule has 0 bridgehead atoms. The number of aromatic nitrogens is 2. The first kappa shape index (κ1) is 12.6. The Labute approximate surface area is 129 Å². The number of hydrogen-bond donors (Lipinski definition) is 2. The van der Waals surface area contributed by atoms with E-state index in [4.69, 9.17) is 0 Å². The maximum absolute atomic E-state index is 4.55. The molecule has 0 amide bonds. The third kappa shape index (κ3) is 2.33. The van der Waals surface area contributed by atoms with Crippen LogP contribution in [0.4, 0.5) is 0 Å². The molecule has 4 rings (SSSR count). The summed E-state index contributed by atoms with van der Waals surface area (Å²) in [6.07, 6.45) is 9.09. The van der Waals surface area contributed by atoms with E-state index in [9.17, 15) is 0 Å². The van der Waals surface area contributed by atoms with Crippen molar-refractivity contribution < 1.29 is 0 Å². The standard InChI is InChI=1S/C13H14BrN3S2/c14-12-5-11-10(19-12)4-9(18-11)8-6-16-13(17-8)7-2-1-3-15-7/h4-7,10-11,15H,1-3H2,(H,16,17). The lowest BCUT2D eigenvalue weighted by atomic mass is 10.2. The Bertz CT molecular complexity index is 560. The van der Waals surface area contributed by atoms with Crippen LogP contribution in [0.1, 0.15) is 30.4 Å². The average Bonchev–Trinajstić information content (AvgIpc) is 3.11. The topological polar surface area (TPSA) is 40.7 Å². The Balaban J connectivity index is 1.53. The quantitative estimate of drug-likeness (QED) is 0.849. The zero-order chi connectivity index (χ0) is 12.8. The van der Waals surface area contributed by atoms with Gasteiger partial charge >= 0.3 is 0 Å². The molecular weight excluding hydrogens is 342 g/mol. The normalized spacial score (nSPS) is 33.4. The third-order valence-electron chi connectivity index (χ3n) is 3.70. The molecule has 3 aliphatic heterocycles. The van der Waals surface area contributed by atoms with Crippen molar-refractivity contribution in [3.63, 3.8) is 0 Å². The molecule has 3 nitrogen and oxygen atoms in total. The Hall–Kier alpha value is -0.170. The van der Waals surface area contributed by atoms with Crippen molar-refractivity contribution in [1.29, 1.82) is 0 Å². The highest BCUT2D eigenvalue weighted by Crippen LogP contribution is 2.51. The van der Waals surface area contributed by atoms with E-state index in [2.05, 4.69) is 43.4 Å². The summed E-state index contributed by atoms with van der Waals surface area (Å²) in [6.45, 7) is 1.11. The largest absolute Gasteiger partial charge is 0.340 e. The molecule has 3 unspecified atom stereocenters. The van der Waals surface area contributed by atoms with Gasteiger partial charge in [0.25, 0.3) is 0 Å². The van der Waals surface area contributed by atoms with E-state index in [0.29, 0.717) is 16.5 Å². The summed E-state index contributed by atoms with van der Waals surface area (Å²) < 4.78 is 1.27. The van der Waals surface area contributed by atoms with Crippen LogP contribution < -0.4 is 5.32 Å². The van der Waals surface area contributed by atoms with Crippen molar-refractivity contribution in [1.82, 2.24) is 15.3 Å². The highest BCUT2D eigenvalue weighted by atomic mass is 79.9. The minimum atomic E-state index is 0.420. The second-order valence-corrected chi connectivity index (χ2v) is 8.82. The second-order valence-electron chi connectivity index (χ2n) is 5.00. The molecule has 100 valence electrons. The van der Waals surface area contributed by atoms with E-state index in [1.54, 1.807) is 0 Å². The van der Waals surface area contributed by atoms with Crippen LogP contribution in [-0.2, 0) is 0 Å². The third-order valence-corrected chi connectivity index (χ3v) is 7.07. The van der Waals surface area contributed by atoms with Gasteiger partial charge in [0, 0.05) is 19.2 Å². The number of fused-ring (bicyclic) bond motifs is 1. The maximum Gasteiger partial charge on any atom is 0.123 e. The highest BCUT2D eigenvalue weighted by molar-refractivity contribution is 9.14. The zero-order valence-corrected chi connectivity index (χ0v) is 13.4. The molecule has 2 N–H and O–H groups in total. The van der Waals surface area contributed by atoms with E-state index >= 15 is 0 Å². The summed E-state index contributed by atoms with van der Waals surface area (Å²) in [7, 11) is 0. The second kappa shape index (κ2) is 4.98. The van der Waals surface area contributed by atoms with Crippen molar-refractivity contribution in [2.45, 2.75) is 29.4 Å². The van der Waals surface area contributed by atoms with Crippen molar-refractivity contribution in [2.75, 3.05) is 6.54 Å². The van der Waals surface area contributed by atoms with Crippen molar-refractivity contribution in [3.05, 3.63) is 33.7 Å². The summed E-state index contributed by atoms with van der Waals surface area (Å²) in [4.78, 5) is 9.38. The molecule has 0 spiro atoms. The van der Waals surface area contributed by atoms with Gasteiger partial charge in [-0.15, -0.1) is 23.5 Å². The molecule has 0 saturated carbocycles. The van der Waals surface area contributed by atoms with E-state index in [0.717, 1.165) is 12.4 Å². The van der Waals surface area contributed by atoms with Gasteiger partial charge < -0.3 is 10.3 Å². The minimum absolute atomic E-state index is 0.420. The molecule has 3 aliphatic rings. The molecule has 4 heterocycles. The smallest absolute Gasteiger partial charge is 0.123 e. The van der Waals surface area contributed by atoms with Crippen LogP contribution in [0.5, 0.6) is 0 Å². The predicted octanol–water partition coefficient (Wildman–Crippen LogP) is 3.64. The van der Waals surface area contributed by atoms with Gasteiger partial charge in [-0.3, -0.25) is 0 Å². The molecule has 1 saturated heterocycles. The van der Waals surface area contributed by atoms with Gasteiger partial charge in [0.2, 0.25) is 0 Å². The lowest BCUT2D eigenvalue weighted by Gasteiger charge is -2.06. The number of thioether (sulfide) groups is 2. The Morgan fingerprint density at radius 1 is 1.26 bits per heavy atom. The lowest BCUT2D eigenvalue weighted by molar-refractivity contribution is 0.612. The number of hydrogen-bond acceptors (Lipinski definition) is 4. The van der Waals surface area contributed by atoms with Gasteiger partial charge in [-0.2, -0.15) is 0 Å². The van der Waals surface area contributed by atoms with Crippen LogP contribution in [0.15, 0.2) is 22.2 Å². The van der Waals surface area contributed by atoms with Gasteiger partial charge in [-0.25, -0.2) is 4.98 Å². The summed E-state index contributed by atoms with van der Waals surface area (Å²) in [6, 6.07) is 0.420. The molecule has 0 aliphatic carbocycles. The van der Waals surface area contributed by atoms with Crippen LogP contribution in [-0.4, -0.2) is 27.0 Å². The molecule has 1 fully saturated rings. The molecule has 3 atom stereocenters. The van der Waals surface area contributed by atoms with Crippen LogP contribution in [0.25, 0.3) is 4.91 Å². The van der Waals surface area contributed by atoms with Gasteiger partial charge in [0.05, 0.1) is 17.9 Å². The van der Waals surface area contributed by atoms with Crippen molar-refractivity contribution in [2.24, 2.45) is 0 Å². The number of rotatable bonds is 2. The lowest BCUT2D eigenvalue weighted by Crippen LogP contribution is -2.14. The van der Waals surface area contributed by atoms with E-state index in [1.807, 2.05) is 29.7 Å². The SMILES string of the molecule is BrC1=CC2SC(c3cnc(C4CCCN4)[nH]3)=CC2S1. The molecular formula is C13H14BrN3S2. The molecule has 0 radical (unpaired) electrons. The van der Waals surface area contributed by atoms with Gasteiger partial charge in [0.15, 0.2) is 0 Å². The monoisotopic (exact) mass is 355 g/mol. The summed E-state index contributed by atoms with van der Waals surface area (Å²) in [5.41, 5.74) is 1.17. The Morgan fingerprint density at radius 2 is 2.16 bits per heavy atom. The zero-order valence-electron chi connectivity index (χ0n) is 10.2. The van der Waals surface area contributed by atoms with Gasteiger partial charge in [-0.05, 0) is 41.4 Å². The maximum atomic E-state index is 4.55. The molecule has 0 aromatic carbocycles. The van der Waals surface area contributed by atoms with Crippen LogP contribution >= 0.6 is 39.5 Å². The summed E-state index contributed by atoms with van der Waals surface area (Å²) in [5, 5.41) is 4.63. The molecule has 1 aromatic rings. The molecule has 1 aromatic heterocycles. The number of nitrogens with one attached hydrogen (secondary N) is 2. The van der Waals surface area contributed by atoms with E-state index < -0.39 is 0 Å². The van der Waals surface area contributed by atoms with Crippen LogP contribution in [0, 0.1) is 0 Å². The number of imidazole rings is 1. The predicted molar refractivity (Wildman–Crippen MR) is 86.3 cm³/mol. The van der Waals surface area contributed by atoms with Gasteiger partial charge in [-0.1, -0.05) is 6.08 Å². The van der Waals surface area contributed by atoms with Crippen LogP contribution in [0.2, 0.25) is 0 Å². The first-order chi connectivity index (χ1) is 9.29. The number of nitrogens with zero attached hydrogens (tertiary/aromatic N) is 1. The Morgan fingerprint density at radius 3 is 2.95 bits per heavy atom. The van der Waals surface area contributed by atoms with E-state index in [1.165, 1.54) is 27.3 Å².